The lowest BCUT2D eigenvalue weighted by atomic mass is 10.0. The number of aromatic nitrogens is 2. The molecule has 1 saturated heterocycles. The summed E-state index contributed by atoms with van der Waals surface area (Å²) in [6.07, 6.45) is 5.78. The first-order valence-electron chi connectivity index (χ1n) is 11.0. The third-order valence-corrected chi connectivity index (χ3v) is 5.70. The van der Waals surface area contributed by atoms with Gasteiger partial charge in [0.1, 0.15) is 11.6 Å². The minimum atomic E-state index is -0.809. The number of hydrogen-bond acceptors (Lipinski definition) is 5. The Labute approximate surface area is 187 Å². The fraction of sp³-hybridized carbons (Fsp3) is 0.346. The van der Waals surface area contributed by atoms with Crippen LogP contribution in [-0.4, -0.2) is 23.2 Å². The number of nitriles is 1. The van der Waals surface area contributed by atoms with E-state index < -0.39 is 5.95 Å². The lowest BCUT2D eigenvalue weighted by Crippen LogP contribution is -2.27. The van der Waals surface area contributed by atoms with Gasteiger partial charge in [0.25, 0.3) is 0 Å². The number of unbranched alkanes of at least 4 members (excludes halogenated alkanes) is 2. The second-order valence-corrected chi connectivity index (χ2v) is 8.07. The van der Waals surface area contributed by atoms with Crippen LogP contribution in [0.3, 0.4) is 0 Å². The van der Waals surface area contributed by atoms with Crippen molar-refractivity contribution in [2.45, 2.75) is 38.9 Å². The van der Waals surface area contributed by atoms with Gasteiger partial charge in [0.15, 0.2) is 12.1 Å². The second-order valence-electron chi connectivity index (χ2n) is 8.07. The Morgan fingerprint density at radius 2 is 1.59 bits per heavy atom. The van der Waals surface area contributed by atoms with Gasteiger partial charge in [-0.3, -0.25) is 0 Å². The van der Waals surface area contributed by atoms with Crippen molar-refractivity contribution in [2.75, 3.05) is 13.2 Å². The lowest BCUT2D eigenvalue weighted by Gasteiger charge is -2.29. The van der Waals surface area contributed by atoms with Crippen LogP contribution in [0.1, 0.15) is 50.0 Å². The Morgan fingerprint density at radius 3 is 2.19 bits per heavy atom. The maximum absolute atomic E-state index is 13.8. The minimum Gasteiger partial charge on any atom is -0.348 e. The quantitative estimate of drug-likeness (QED) is 0.336. The van der Waals surface area contributed by atoms with Crippen molar-refractivity contribution in [1.29, 1.82) is 5.26 Å². The van der Waals surface area contributed by atoms with Crippen LogP contribution in [0.2, 0.25) is 0 Å². The van der Waals surface area contributed by atoms with E-state index >= 15 is 0 Å². The lowest BCUT2D eigenvalue weighted by molar-refractivity contribution is -0.206. The molecule has 0 spiro atoms. The summed E-state index contributed by atoms with van der Waals surface area (Å²) < 4.78 is 25.7. The van der Waals surface area contributed by atoms with Crippen LogP contribution in [0, 0.1) is 23.2 Å². The molecule has 32 heavy (non-hydrogen) atoms. The van der Waals surface area contributed by atoms with Gasteiger partial charge < -0.3 is 9.47 Å². The molecule has 0 N–H and O–H groups in total. The standard InChI is InChI=1S/C26H26FN3O2/c1-2-3-4-5-18-16-31-26(32-17-18)22-12-8-20(9-13-22)19-6-10-21(11-7-19)25-29-15-23(14-28)24(27)30-25/h6-13,15,18,26H,2-5,16-17H2,1H3. The van der Waals surface area contributed by atoms with E-state index in [-0.39, 0.29) is 17.7 Å². The molecule has 6 heteroatoms. The van der Waals surface area contributed by atoms with E-state index in [1.54, 1.807) is 6.07 Å². The molecule has 0 bridgehead atoms. The predicted octanol–water partition coefficient (Wildman–Crippen LogP) is 6.06. The fourth-order valence-corrected chi connectivity index (χ4v) is 3.80. The van der Waals surface area contributed by atoms with Gasteiger partial charge in [0, 0.05) is 17.0 Å². The molecule has 5 nitrogen and oxygen atoms in total. The molecule has 0 aliphatic carbocycles. The van der Waals surface area contributed by atoms with Crippen LogP contribution in [0.25, 0.3) is 22.5 Å². The van der Waals surface area contributed by atoms with Crippen molar-refractivity contribution in [3.63, 3.8) is 0 Å². The molecular formula is C26H26FN3O2. The zero-order chi connectivity index (χ0) is 22.3. The molecule has 1 fully saturated rings. The zero-order valence-corrected chi connectivity index (χ0v) is 18.1. The first-order valence-corrected chi connectivity index (χ1v) is 11.0. The molecule has 1 aliphatic rings. The first kappa shape index (κ1) is 22.1. The number of nitrogens with zero attached hydrogens (tertiary/aromatic N) is 3. The summed E-state index contributed by atoms with van der Waals surface area (Å²) in [5.41, 5.74) is 3.62. The third-order valence-electron chi connectivity index (χ3n) is 5.70. The molecule has 0 amide bonds. The van der Waals surface area contributed by atoms with Gasteiger partial charge in [0.05, 0.1) is 19.4 Å². The number of ether oxygens (including phenoxy) is 2. The van der Waals surface area contributed by atoms with Crippen molar-refractivity contribution >= 4 is 0 Å². The van der Waals surface area contributed by atoms with E-state index in [1.807, 2.05) is 48.5 Å². The van der Waals surface area contributed by atoms with Crippen LogP contribution in [0.4, 0.5) is 4.39 Å². The molecule has 1 aromatic heterocycles. The largest absolute Gasteiger partial charge is 0.348 e. The summed E-state index contributed by atoms with van der Waals surface area (Å²) in [6.45, 7) is 3.71. The molecule has 2 aromatic carbocycles. The van der Waals surface area contributed by atoms with Gasteiger partial charge in [-0.2, -0.15) is 14.6 Å². The molecule has 0 atom stereocenters. The highest BCUT2D eigenvalue weighted by Gasteiger charge is 2.23. The first-order chi connectivity index (χ1) is 15.7. The van der Waals surface area contributed by atoms with Gasteiger partial charge in [-0.05, 0) is 17.5 Å². The summed E-state index contributed by atoms with van der Waals surface area (Å²) >= 11 is 0. The average molecular weight is 432 g/mol. The Morgan fingerprint density at radius 1 is 0.969 bits per heavy atom. The summed E-state index contributed by atoms with van der Waals surface area (Å²) in [5.74, 6) is -0.0660. The summed E-state index contributed by atoms with van der Waals surface area (Å²) in [5, 5.41) is 8.81. The van der Waals surface area contributed by atoms with Gasteiger partial charge in [-0.15, -0.1) is 0 Å². The van der Waals surface area contributed by atoms with E-state index in [0.717, 1.165) is 36.3 Å². The molecule has 1 aliphatic heterocycles. The Kier molecular flexibility index (Phi) is 7.21. The van der Waals surface area contributed by atoms with Gasteiger partial charge in [-0.1, -0.05) is 74.7 Å². The van der Waals surface area contributed by atoms with E-state index in [2.05, 4.69) is 16.9 Å². The topological polar surface area (TPSA) is 68.0 Å². The summed E-state index contributed by atoms with van der Waals surface area (Å²) in [4.78, 5) is 7.85. The average Bonchev–Trinajstić information content (AvgIpc) is 2.85. The summed E-state index contributed by atoms with van der Waals surface area (Å²) in [6, 6.07) is 17.5. The molecule has 2 heterocycles. The van der Waals surface area contributed by atoms with Crippen molar-refractivity contribution in [3.8, 4) is 28.6 Å². The molecule has 0 saturated carbocycles. The van der Waals surface area contributed by atoms with Crippen molar-refractivity contribution < 1.29 is 13.9 Å². The number of rotatable bonds is 7. The van der Waals surface area contributed by atoms with Crippen LogP contribution in [0.5, 0.6) is 0 Å². The SMILES string of the molecule is CCCCCC1COC(c2ccc(-c3ccc(-c4ncc(C#N)c(F)n4)cc3)cc2)OC1. The van der Waals surface area contributed by atoms with E-state index in [9.17, 15) is 4.39 Å². The van der Waals surface area contributed by atoms with E-state index in [1.165, 1.54) is 25.5 Å². The molecule has 3 aromatic rings. The third kappa shape index (κ3) is 5.18. The zero-order valence-electron chi connectivity index (χ0n) is 18.1. The Hall–Kier alpha value is -3.14. The van der Waals surface area contributed by atoms with Crippen LogP contribution < -0.4 is 0 Å². The van der Waals surface area contributed by atoms with Crippen molar-refractivity contribution in [3.05, 3.63) is 71.8 Å². The smallest absolute Gasteiger partial charge is 0.234 e. The monoisotopic (exact) mass is 431 g/mol. The maximum atomic E-state index is 13.8. The number of benzene rings is 2. The van der Waals surface area contributed by atoms with Crippen molar-refractivity contribution in [2.24, 2.45) is 5.92 Å². The van der Waals surface area contributed by atoms with Crippen LogP contribution in [-0.2, 0) is 9.47 Å². The van der Waals surface area contributed by atoms with Crippen molar-refractivity contribution in [1.82, 2.24) is 9.97 Å². The van der Waals surface area contributed by atoms with E-state index in [4.69, 9.17) is 14.7 Å². The van der Waals surface area contributed by atoms with Gasteiger partial charge >= 0.3 is 0 Å². The second kappa shape index (κ2) is 10.4. The number of halogens is 1. The van der Waals surface area contributed by atoms with Gasteiger partial charge in [-0.25, -0.2) is 4.98 Å². The highest BCUT2D eigenvalue weighted by atomic mass is 19.1. The summed E-state index contributed by atoms with van der Waals surface area (Å²) in [7, 11) is 0. The molecular weight excluding hydrogens is 405 g/mol. The maximum Gasteiger partial charge on any atom is 0.234 e. The fourth-order valence-electron chi connectivity index (χ4n) is 3.80. The highest BCUT2D eigenvalue weighted by Crippen LogP contribution is 2.30. The number of hydrogen-bond donors (Lipinski definition) is 0. The Balaban J connectivity index is 1.38. The Bertz CT molecular complexity index is 1070. The predicted molar refractivity (Wildman–Crippen MR) is 120 cm³/mol. The van der Waals surface area contributed by atoms with Crippen LogP contribution >= 0.6 is 0 Å². The molecule has 0 radical (unpaired) electrons. The molecule has 164 valence electrons. The normalized spacial score (nSPS) is 18.3. The van der Waals surface area contributed by atoms with Gasteiger partial charge in [0.2, 0.25) is 5.95 Å². The highest BCUT2D eigenvalue weighted by molar-refractivity contribution is 5.68. The molecule has 0 unspecified atom stereocenters. The van der Waals surface area contributed by atoms with E-state index in [0.29, 0.717) is 11.5 Å². The molecule has 4 rings (SSSR count). The minimum absolute atomic E-state index is 0.164. The van der Waals surface area contributed by atoms with Crippen LogP contribution in [0.15, 0.2) is 54.7 Å².